The quantitative estimate of drug-likeness (QED) is 0.585. The third-order valence-corrected chi connectivity index (χ3v) is 7.05. The van der Waals surface area contributed by atoms with Crippen molar-refractivity contribution >= 4 is 21.7 Å². The van der Waals surface area contributed by atoms with Crippen molar-refractivity contribution in [2.24, 2.45) is 0 Å². The number of benzene rings is 2. The molecular weight excluding hydrogens is 378 g/mol. The molecule has 144 valence electrons. The molecule has 0 radical (unpaired) electrons. The molecule has 1 fully saturated rings. The fraction of sp³-hybridized carbons (Fsp3) is 0.238. The molecule has 0 saturated carbocycles. The van der Waals surface area contributed by atoms with Gasteiger partial charge in [0.25, 0.3) is 0 Å². The monoisotopic (exact) mass is 397 g/mol. The highest BCUT2D eigenvalue weighted by atomic mass is 32.2. The molecule has 0 spiro atoms. The van der Waals surface area contributed by atoms with Crippen molar-refractivity contribution in [3.8, 4) is 0 Å². The van der Waals surface area contributed by atoms with Crippen LogP contribution in [0.1, 0.15) is 30.6 Å². The second kappa shape index (κ2) is 6.91. The van der Waals surface area contributed by atoms with E-state index in [0.717, 1.165) is 16.0 Å². The predicted octanol–water partition coefficient (Wildman–Crippen LogP) is 2.58. The Morgan fingerprint density at radius 2 is 1.57 bits per heavy atom. The number of nitrogens with zero attached hydrogens (tertiary/aromatic N) is 1. The number of hydrogen-bond donors (Lipinski definition) is 0. The third-order valence-electron chi connectivity index (χ3n) is 5.01. The number of fused-ring (bicyclic) bond motifs is 1. The van der Waals surface area contributed by atoms with Crippen LogP contribution >= 0.6 is 0 Å². The number of esters is 1. The van der Waals surface area contributed by atoms with Crippen molar-refractivity contribution in [1.82, 2.24) is 4.90 Å². The van der Waals surface area contributed by atoms with Crippen molar-refractivity contribution in [2.75, 3.05) is 5.75 Å². The molecule has 2 aliphatic heterocycles. The van der Waals surface area contributed by atoms with Gasteiger partial charge in [-0.05, 0) is 23.6 Å². The minimum absolute atomic E-state index is 0.0490. The Balaban J connectivity index is 1.70. The maximum absolute atomic E-state index is 13.0. The summed E-state index contributed by atoms with van der Waals surface area (Å²) in [5.41, 5.74) is 1.95. The third kappa shape index (κ3) is 3.11. The summed E-state index contributed by atoms with van der Waals surface area (Å²) in [5.74, 6) is -1.31. The number of carbonyl (C=O) groups excluding carboxylic acids is 2. The molecule has 28 heavy (non-hydrogen) atoms. The highest BCUT2D eigenvalue weighted by Crippen LogP contribution is 2.37. The number of sulfone groups is 1. The molecule has 7 heteroatoms. The van der Waals surface area contributed by atoms with E-state index >= 15 is 0 Å². The SMILES string of the molecule is CC1=C(C(=O)OC(c2ccccc2)c2ccccc2)N2C(=O)CC2S(=O)(=O)C1. The van der Waals surface area contributed by atoms with Gasteiger partial charge in [0, 0.05) is 0 Å². The highest BCUT2D eigenvalue weighted by Gasteiger charge is 2.52. The number of amides is 1. The van der Waals surface area contributed by atoms with Crippen LogP contribution in [0.3, 0.4) is 0 Å². The van der Waals surface area contributed by atoms with E-state index in [1.54, 1.807) is 6.92 Å². The second-order valence-corrected chi connectivity index (χ2v) is 9.12. The Bertz CT molecular complexity index is 1020. The number of rotatable bonds is 4. The molecule has 1 amide bonds. The normalized spacial score (nSPS) is 20.6. The molecule has 6 nitrogen and oxygen atoms in total. The number of ether oxygens (including phenoxy) is 1. The van der Waals surface area contributed by atoms with Crippen LogP contribution in [0, 0.1) is 0 Å². The van der Waals surface area contributed by atoms with Crippen molar-refractivity contribution in [3.05, 3.63) is 83.1 Å². The van der Waals surface area contributed by atoms with E-state index < -0.39 is 27.3 Å². The average Bonchev–Trinajstić information content (AvgIpc) is 2.68. The first-order valence-corrected chi connectivity index (χ1v) is 10.6. The average molecular weight is 397 g/mol. The Morgan fingerprint density at radius 1 is 1.04 bits per heavy atom. The molecule has 0 aliphatic carbocycles. The lowest BCUT2D eigenvalue weighted by Gasteiger charge is -2.43. The van der Waals surface area contributed by atoms with Crippen molar-refractivity contribution in [1.29, 1.82) is 0 Å². The van der Waals surface area contributed by atoms with Gasteiger partial charge in [-0.1, -0.05) is 60.7 Å². The maximum atomic E-state index is 13.0. The molecular formula is C21H19NO5S. The van der Waals surface area contributed by atoms with Crippen molar-refractivity contribution in [3.63, 3.8) is 0 Å². The zero-order chi connectivity index (χ0) is 19.9. The smallest absolute Gasteiger partial charge is 0.356 e. The minimum Gasteiger partial charge on any atom is -0.448 e. The summed E-state index contributed by atoms with van der Waals surface area (Å²) in [6.07, 6.45) is -0.753. The first-order chi connectivity index (χ1) is 13.4. The lowest BCUT2D eigenvalue weighted by molar-refractivity contribution is -0.152. The van der Waals surface area contributed by atoms with E-state index in [9.17, 15) is 18.0 Å². The Morgan fingerprint density at radius 3 is 2.07 bits per heavy atom. The van der Waals surface area contributed by atoms with Crippen LogP contribution in [-0.4, -0.2) is 36.3 Å². The molecule has 2 aromatic carbocycles. The van der Waals surface area contributed by atoms with Gasteiger partial charge >= 0.3 is 5.97 Å². The number of carbonyl (C=O) groups is 2. The van der Waals surface area contributed by atoms with Gasteiger partial charge in [0.1, 0.15) is 11.1 Å². The first-order valence-electron chi connectivity index (χ1n) is 8.93. The summed E-state index contributed by atoms with van der Waals surface area (Å²) in [4.78, 5) is 26.2. The van der Waals surface area contributed by atoms with E-state index in [-0.39, 0.29) is 23.8 Å². The molecule has 1 saturated heterocycles. The second-order valence-electron chi connectivity index (χ2n) is 6.97. The van der Waals surface area contributed by atoms with E-state index in [0.29, 0.717) is 5.57 Å². The van der Waals surface area contributed by atoms with Gasteiger partial charge in [0.05, 0.1) is 12.2 Å². The summed E-state index contributed by atoms with van der Waals surface area (Å²) in [6.45, 7) is 1.55. The topological polar surface area (TPSA) is 80.8 Å². The van der Waals surface area contributed by atoms with Gasteiger partial charge in [0.15, 0.2) is 15.9 Å². The molecule has 0 bridgehead atoms. The maximum Gasteiger partial charge on any atom is 0.356 e. The molecule has 2 heterocycles. The zero-order valence-electron chi connectivity index (χ0n) is 15.2. The van der Waals surface area contributed by atoms with Gasteiger partial charge in [0.2, 0.25) is 5.91 Å². The summed E-state index contributed by atoms with van der Waals surface area (Å²) in [7, 11) is -3.47. The fourth-order valence-corrected chi connectivity index (χ4v) is 5.51. The van der Waals surface area contributed by atoms with Crippen LogP contribution in [0.15, 0.2) is 71.9 Å². The predicted molar refractivity (Wildman–Crippen MR) is 103 cm³/mol. The van der Waals surface area contributed by atoms with Gasteiger partial charge in [-0.2, -0.15) is 0 Å². The summed E-state index contributed by atoms with van der Waals surface area (Å²) in [5, 5.41) is -0.960. The largest absolute Gasteiger partial charge is 0.448 e. The van der Waals surface area contributed by atoms with Gasteiger partial charge in [-0.3, -0.25) is 9.69 Å². The molecule has 4 rings (SSSR count). The zero-order valence-corrected chi connectivity index (χ0v) is 16.1. The molecule has 0 N–H and O–H groups in total. The van der Waals surface area contributed by atoms with Crippen LogP contribution in [0.5, 0.6) is 0 Å². The number of hydrogen-bond acceptors (Lipinski definition) is 5. The lowest BCUT2D eigenvalue weighted by atomic mass is 10.0. The van der Waals surface area contributed by atoms with Crippen LogP contribution in [-0.2, 0) is 24.2 Å². The Hall–Kier alpha value is -2.93. The fourth-order valence-electron chi connectivity index (χ4n) is 3.64. The summed E-state index contributed by atoms with van der Waals surface area (Å²) >= 11 is 0. The molecule has 1 unspecified atom stereocenters. The molecule has 0 aromatic heterocycles. The van der Waals surface area contributed by atoms with Crippen LogP contribution in [0.25, 0.3) is 0 Å². The lowest BCUT2D eigenvalue weighted by Crippen LogP contribution is -2.60. The standard InChI is InChI=1S/C21H19NO5S/c1-14-13-28(25,26)18-12-17(23)22(18)19(14)21(24)27-20(15-8-4-2-5-9-15)16-10-6-3-7-11-16/h2-11,18,20H,12-13H2,1H3. The van der Waals surface area contributed by atoms with Gasteiger partial charge in [-0.25, -0.2) is 13.2 Å². The summed E-state index contributed by atoms with van der Waals surface area (Å²) < 4.78 is 30.3. The van der Waals surface area contributed by atoms with Crippen LogP contribution < -0.4 is 0 Å². The minimum atomic E-state index is -3.47. The number of β-lactam (4-membered cyclic amide) rings is 1. The molecule has 2 aromatic rings. The van der Waals surface area contributed by atoms with Gasteiger partial charge < -0.3 is 4.74 Å². The van der Waals surface area contributed by atoms with E-state index in [4.69, 9.17) is 4.74 Å². The first kappa shape index (κ1) is 18.4. The van der Waals surface area contributed by atoms with Gasteiger partial charge in [-0.15, -0.1) is 0 Å². The Labute approximate surface area is 163 Å². The van der Waals surface area contributed by atoms with E-state index in [2.05, 4.69) is 0 Å². The molecule has 2 aliphatic rings. The summed E-state index contributed by atoms with van der Waals surface area (Å²) in [6, 6.07) is 18.6. The van der Waals surface area contributed by atoms with Crippen LogP contribution in [0.4, 0.5) is 0 Å². The highest BCUT2D eigenvalue weighted by molar-refractivity contribution is 7.92. The van der Waals surface area contributed by atoms with Crippen molar-refractivity contribution < 1.29 is 22.7 Å². The Kier molecular flexibility index (Phi) is 4.55. The van der Waals surface area contributed by atoms with Crippen LogP contribution in [0.2, 0.25) is 0 Å². The van der Waals surface area contributed by atoms with E-state index in [1.807, 2.05) is 60.7 Å². The van der Waals surface area contributed by atoms with E-state index in [1.165, 1.54) is 0 Å². The molecule has 1 atom stereocenters. The van der Waals surface area contributed by atoms with Crippen molar-refractivity contribution in [2.45, 2.75) is 24.8 Å².